The van der Waals surface area contributed by atoms with E-state index in [1.807, 2.05) is 0 Å². The predicted molar refractivity (Wildman–Crippen MR) is 44.9 cm³/mol. The van der Waals surface area contributed by atoms with Crippen molar-refractivity contribution in [2.24, 2.45) is 5.73 Å². The van der Waals surface area contributed by atoms with Crippen molar-refractivity contribution in [1.29, 1.82) is 0 Å². The molecular formula is C6H6BrN3O. The average Bonchev–Trinajstić information content (AvgIpc) is 1.94. The molecule has 0 aliphatic heterocycles. The highest BCUT2D eigenvalue weighted by atomic mass is 79.9. The molecule has 0 aromatic carbocycles. The quantitative estimate of drug-likeness (QED) is 0.717. The zero-order valence-corrected chi connectivity index (χ0v) is 7.13. The number of nitrogen functional groups attached to an aromatic ring is 1. The number of hydrogen-bond donors (Lipinski definition) is 2. The summed E-state index contributed by atoms with van der Waals surface area (Å²) >= 11 is 3.11. The molecule has 0 radical (unpaired) electrons. The van der Waals surface area contributed by atoms with Crippen LogP contribution in [0.1, 0.15) is 10.4 Å². The van der Waals surface area contributed by atoms with E-state index in [-0.39, 0.29) is 0 Å². The molecule has 58 valence electrons. The third-order valence-corrected chi connectivity index (χ3v) is 2.06. The van der Waals surface area contributed by atoms with Gasteiger partial charge in [0.2, 0.25) is 0 Å². The van der Waals surface area contributed by atoms with Crippen LogP contribution in [0.25, 0.3) is 0 Å². The second kappa shape index (κ2) is 2.87. The van der Waals surface area contributed by atoms with Crippen molar-refractivity contribution in [2.45, 2.75) is 0 Å². The molecule has 0 aliphatic carbocycles. The highest BCUT2D eigenvalue weighted by molar-refractivity contribution is 9.10. The van der Waals surface area contributed by atoms with Crippen LogP contribution in [-0.4, -0.2) is 10.9 Å². The molecule has 0 spiro atoms. The van der Waals surface area contributed by atoms with E-state index in [0.29, 0.717) is 15.7 Å². The summed E-state index contributed by atoms with van der Waals surface area (Å²) in [5.41, 5.74) is 11.2. The number of anilines is 1. The van der Waals surface area contributed by atoms with E-state index in [4.69, 9.17) is 11.5 Å². The van der Waals surface area contributed by atoms with Crippen molar-refractivity contribution >= 4 is 27.5 Å². The van der Waals surface area contributed by atoms with Crippen molar-refractivity contribution in [3.05, 3.63) is 22.4 Å². The number of rotatable bonds is 1. The molecule has 4 N–H and O–H groups in total. The highest BCUT2D eigenvalue weighted by Crippen LogP contribution is 2.21. The van der Waals surface area contributed by atoms with Crippen LogP contribution in [0.5, 0.6) is 0 Å². The Kier molecular flexibility index (Phi) is 2.09. The zero-order chi connectivity index (χ0) is 8.43. The third-order valence-electron chi connectivity index (χ3n) is 1.17. The Morgan fingerprint density at radius 3 is 2.64 bits per heavy atom. The Morgan fingerprint density at radius 1 is 1.55 bits per heavy atom. The van der Waals surface area contributed by atoms with E-state index >= 15 is 0 Å². The van der Waals surface area contributed by atoms with Crippen molar-refractivity contribution < 1.29 is 4.79 Å². The summed E-state index contributed by atoms with van der Waals surface area (Å²) in [6.07, 6.45) is 2.80. The van der Waals surface area contributed by atoms with E-state index in [9.17, 15) is 4.79 Å². The average molecular weight is 216 g/mol. The number of pyridine rings is 1. The van der Waals surface area contributed by atoms with Crippen LogP contribution >= 0.6 is 15.9 Å². The number of hydrogen-bond acceptors (Lipinski definition) is 3. The van der Waals surface area contributed by atoms with Crippen LogP contribution in [-0.2, 0) is 0 Å². The Balaban J connectivity index is 3.27. The second-order valence-corrected chi connectivity index (χ2v) is 2.75. The van der Waals surface area contributed by atoms with E-state index in [0.717, 1.165) is 0 Å². The van der Waals surface area contributed by atoms with Crippen molar-refractivity contribution in [3.8, 4) is 0 Å². The number of nitrogens with zero attached hydrogens (tertiary/aromatic N) is 1. The maximum atomic E-state index is 10.7. The number of nitrogens with two attached hydrogens (primary N) is 2. The maximum Gasteiger partial charge on any atom is 0.251 e. The molecule has 5 heteroatoms. The van der Waals surface area contributed by atoms with Crippen LogP contribution in [0.15, 0.2) is 16.9 Å². The van der Waals surface area contributed by atoms with Crippen LogP contribution < -0.4 is 11.5 Å². The van der Waals surface area contributed by atoms with Gasteiger partial charge in [-0.1, -0.05) is 0 Å². The molecule has 11 heavy (non-hydrogen) atoms. The van der Waals surface area contributed by atoms with Crippen LogP contribution in [0.3, 0.4) is 0 Å². The minimum Gasteiger partial charge on any atom is -0.397 e. The van der Waals surface area contributed by atoms with E-state index in [1.54, 1.807) is 0 Å². The molecule has 0 fully saturated rings. The number of amides is 1. The lowest BCUT2D eigenvalue weighted by Crippen LogP contribution is -2.12. The molecular weight excluding hydrogens is 210 g/mol. The van der Waals surface area contributed by atoms with Gasteiger partial charge in [-0.2, -0.15) is 0 Å². The monoisotopic (exact) mass is 215 g/mol. The number of aromatic nitrogens is 1. The summed E-state index contributed by atoms with van der Waals surface area (Å²) in [5.74, 6) is -0.545. The summed E-state index contributed by atoms with van der Waals surface area (Å²) in [7, 11) is 0. The Labute approximate surface area is 71.7 Å². The predicted octanol–water partition coefficient (Wildman–Crippen LogP) is 0.525. The summed E-state index contributed by atoms with van der Waals surface area (Å²) in [4.78, 5) is 14.4. The van der Waals surface area contributed by atoms with Gasteiger partial charge in [0, 0.05) is 6.20 Å². The first-order valence-electron chi connectivity index (χ1n) is 2.81. The van der Waals surface area contributed by atoms with Gasteiger partial charge in [0.1, 0.15) is 0 Å². The first-order chi connectivity index (χ1) is 5.13. The fourth-order valence-electron chi connectivity index (χ4n) is 0.633. The molecule has 0 aliphatic rings. The molecule has 0 saturated carbocycles. The molecule has 0 unspecified atom stereocenters. The number of carbonyl (C=O) groups is 1. The summed E-state index contributed by atoms with van der Waals surface area (Å²) in [6.45, 7) is 0. The summed E-state index contributed by atoms with van der Waals surface area (Å²) in [5, 5.41) is 0. The van der Waals surface area contributed by atoms with Gasteiger partial charge in [-0.05, 0) is 15.9 Å². The van der Waals surface area contributed by atoms with Crippen LogP contribution in [0.2, 0.25) is 0 Å². The number of primary amides is 1. The fourth-order valence-corrected chi connectivity index (χ4v) is 1.03. The minimum atomic E-state index is -0.545. The summed E-state index contributed by atoms with van der Waals surface area (Å²) < 4.78 is 0.500. The standard InChI is InChI=1S/C6H6BrN3O/c7-5-3(6(9)11)1-10-2-4(5)8/h1-2H,8H2,(H2,9,11). The van der Waals surface area contributed by atoms with Gasteiger partial charge in [0.25, 0.3) is 5.91 Å². The number of halogens is 1. The first kappa shape index (κ1) is 8.00. The Bertz CT molecular complexity index is 300. The Hall–Kier alpha value is -1.10. The third kappa shape index (κ3) is 1.48. The van der Waals surface area contributed by atoms with Crippen LogP contribution in [0, 0.1) is 0 Å². The largest absolute Gasteiger partial charge is 0.397 e. The topological polar surface area (TPSA) is 82.0 Å². The minimum absolute atomic E-state index is 0.296. The van der Waals surface area contributed by atoms with Gasteiger partial charge in [-0.3, -0.25) is 9.78 Å². The van der Waals surface area contributed by atoms with Gasteiger partial charge in [0.15, 0.2) is 0 Å². The van der Waals surface area contributed by atoms with Crippen molar-refractivity contribution in [2.75, 3.05) is 5.73 Å². The lowest BCUT2D eigenvalue weighted by molar-refractivity contribution is 0.0999. The molecule has 1 aromatic heterocycles. The molecule has 0 bridgehead atoms. The molecule has 1 rings (SSSR count). The lowest BCUT2D eigenvalue weighted by Gasteiger charge is -2.00. The molecule has 4 nitrogen and oxygen atoms in total. The van der Waals surface area contributed by atoms with Crippen molar-refractivity contribution in [3.63, 3.8) is 0 Å². The van der Waals surface area contributed by atoms with Gasteiger partial charge >= 0.3 is 0 Å². The van der Waals surface area contributed by atoms with E-state index in [2.05, 4.69) is 20.9 Å². The highest BCUT2D eigenvalue weighted by Gasteiger charge is 2.07. The van der Waals surface area contributed by atoms with Gasteiger partial charge < -0.3 is 11.5 Å². The normalized spacial score (nSPS) is 9.55. The molecule has 0 saturated heterocycles. The summed E-state index contributed by atoms with van der Waals surface area (Å²) in [6, 6.07) is 0. The smallest absolute Gasteiger partial charge is 0.251 e. The second-order valence-electron chi connectivity index (χ2n) is 1.95. The molecule has 1 heterocycles. The van der Waals surface area contributed by atoms with Crippen LogP contribution in [0.4, 0.5) is 5.69 Å². The Morgan fingerprint density at radius 2 is 2.18 bits per heavy atom. The maximum absolute atomic E-state index is 10.7. The zero-order valence-electron chi connectivity index (χ0n) is 5.54. The fraction of sp³-hybridized carbons (Fsp3) is 0. The van der Waals surface area contributed by atoms with Gasteiger partial charge in [0.05, 0.1) is 21.9 Å². The SMILES string of the molecule is NC(=O)c1cncc(N)c1Br. The van der Waals surface area contributed by atoms with E-state index in [1.165, 1.54) is 12.4 Å². The van der Waals surface area contributed by atoms with Crippen molar-refractivity contribution in [1.82, 2.24) is 4.98 Å². The van der Waals surface area contributed by atoms with Gasteiger partial charge in [-0.15, -0.1) is 0 Å². The molecule has 1 aromatic rings. The molecule has 1 amide bonds. The van der Waals surface area contributed by atoms with E-state index < -0.39 is 5.91 Å². The first-order valence-corrected chi connectivity index (χ1v) is 3.61. The van der Waals surface area contributed by atoms with Gasteiger partial charge in [-0.25, -0.2) is 0 Å². The lowest BCUT2D eigenvalue weighted by atomic mass is 10.2. The number of carbonyl (C=O) groups excluding carboxylic acids is 1. The molecule has 0 atom stereocenters.